The van der Waals surface area contributed by atoms with Gasteiger partial charge in [-0.2, -0.15) is 0 Å². The summed E-state index contributed by atoms with van der Waals surface area (Å²) in [6.45, 7) is 7.84. The highest BCUT2D eigenvalue weighted by Gasteiger charge is 2.27. The molecule has 4 nitrogen and oxygen atoms in total. The van der Waals surface area contributed by atoms with E-state index in [4.69, 9.17) is 0 Å². The van der Waals surface area contributed by atoms with Crippen molar-refractivity contribution in [2.24, 2.45) is 0 Å². The van der Waals surface area contributed by atoms with Gasteiger partial charge in [0.15, 0.2) is 0 Å². The molecule has 2 fully saturated rings. The summed E-state index contributed by atoms with van der Waals surface area (Å²) in [6, 6.07) is 1.82. The lowest BCUT2D eigenvalue weighted by Gasteiger charge is -2.38. The fourth-order valence-electron chi connectivity index (χ4n) is 3.06. The monoisotopic (exact) mass is 253 g/mol. The van der Waals surface area contributed by atoms with Crippen LogP contribution in [0.4, 0.5) is 0 Å². The molecule has 2 aliphatic heterocycles. The number of nitrogens with one attached hydrogen (secondary N) is 1. The zero-order valence-corrected chi connectivity index (χ0v) is 12.0. The lowest BCUT2D eigenvalue weighted by Crippen LogP contribution is -2.53. The van der Waals surface area contributed by atoms with E-state index in [2.05, 4.69) is 24.1 Å². The van der Waals surface area contributed by atoms with Gasteiger partial charge in [-0.15, -0.1) is 0 Å². The summed E-state index contributed by atoms with van der Waals surface area (Å²) in [6.07, 6.45) is 4.20. The normalized spacial score (nSPS) is 28.1. The molecule has 0 aromatic heterocycles. The van der Waals surface area contributed by atoms with E-state index in [1.807, 2.05) is 11.9 Å². The van der Waals surface area contributed by atoms with Crippen LogP contribution in [-0.4, -0.2) is 60.5 Å². The predicted molar refractivity (Wildman–Crippen MR) is 73.5 cm³/mol. The van der Waals surface area contributed by atoms with Crippen LogP contribution in [0.5, 0.6) is 0 Å². The number of hydrogen-bond donors (Lipinski definition) is 1. The molecular formula is C14H27N3O. The Morgan fingerprint density at radius 3 is 2.39 bits per heavy atom. The quantitative estimate of drug-likeness (QED) is 0.817. The average molecular weight is 253 g/mol. The molecule has 0 aromatic carbocycles. The third kappa shape index (κ3) is 3.45. The van der Waals surface area contributed by atoms with Crippen molar-refractivity contribution in [3.63, 3.8) is 0 Å². The largest absolute Gasteiger partial charge is 0.344 e. The van der Waals surface area contributed by atoms with Gasteiger partial charge in [-0.1, -0.05) is 0 Å². The molecule has 0 aliphatic carbocycles. The van der Waals surface area contributed by atoms with Crippen LogP contribution in [0.15, 0.2) is 0 Å². The van der Waals surface area contributed by atoms with E-state index in [9.17, 15) is 4.79 Å². The lowest BCUT2D eigenvalue weighted by atomic mass is 9.99. The first-order valence-corrected chi connectivity index (χ1v) is 7.30. The maximum absolute atomic E-state index is 11.4. The van der Waals surface area contributed by atoms with E-state index in [0.717, 1.165) is 13.0 Å². The summed E-state index contributed by atoms with van der Waals surface area (Å²) in [7, 11) is 1.91. The minimum atomic E-state index is 0.294. The van der Waals surface area contributed by atoms with Gasteiger partial charge in [0.2, 0.25) is 5.91 Å². The number of nitrogens with zero attached hydrogens (tertiary/aromatic N) is 2. The number of rotatable bonds is 3. The van der Waals surface area contributed by atoms with Crippen LogP contribution in [0.2, 0.25) is 0 Å². The first kappa shape index (κ1) is 13.8. The second-order valence-electron chi connectivity index (χ2n) is 6.08. The van der Waals surface area contributed by atoms with Crippen LogP contribution in [0.25, 0.3) is 0 Å². The number of carbonyl (C=O) groups is 1. The molecular weight excluding hydrogens is 226 g/mol. The van der Waals surface area contributed by atoms with Gasteiger partial charge in [0, 0.05) is 38.1 Å². The van der Waals surface area contributed by atoms with Crippen LogP contribution < -0.4 is 5.32 Å². The fraction of sp³-hybridized carbons (Fsp3) is 0.929. The summed E-state index contributed by atoms with van der Waals surface area (Å²) >= 11 is 0. The van der Waals surface area contributed by atoms with Crippen LogP contribution in [0.3, 0.4) is 0 Å². The number of hydrogen-bond acceptors (Lipinski definition) is 3. The third-order valence-electron chi connectivity index (χ3n) is 4.36. The Hall–Kier alpha value is -0.610. The molecule has 1 N–H and O–H groups in total. The molecule has 2 rings (SSSR count). The molecule has 0 aromatic rings. The van der Waals surface area contributed by atoms with Crippen molar-refractivity contribution in [3.05, 3.63) is 0 Å². The maximum Gasteiger partial charge on any atom is 0.222 e. The highest BCUT2D eigenvalue weighted by Crippen LogP contribution is 2.16. The van der Waals surface area contributed by atoms with E-state index < -0.39 is 0 Å². The van der Waals surface area contributed by atoms with E-state index in [-0.39, 0.29) is 0 Å². The van der Waals surface area contributed by atoms with Crippen molar-refractivity contribution < 1.29 is 4.79 Å². The Labute approximate surface area is 111 Å². The Morgan fingerprint density at radius 2 is 1.83 bits per heavy atom. The predicted octanol–water partition coefficient (Wildman–Crippen LogP) is 1.07. The van der Waals surface area contributed by atoms with Gasteiger partial charge in [0.25, 0.3) is 0 Å². The zero-order valence-electron chi connectivity index (χ0n) is 12.0. The fourth-order valence-corrected chi connectivity index (χ4v) is 3.06. The number of carbonyl (C=O) groups excluding carboxylic acids is 1. The highest BCUT2D eigenvalue weighted by atomic mass is 16.2. The molecule has 0 bridgehead atoms. The molecule has 0 saturated carbocycles. The van der Waals surface area contributed by atoms with Gasteiger partial charge in [0.1, 0.15) is 0 Å². The molecule has 1 unspecified atom stereocenters. The van der Waals surface area contributed by atoms with Gasteiger partial charge in [-0.25, -0.2) is 0 Å². The molecule has 104 valence electrons. The SMILES string of the molecule is CC(C)N1CCC(NC2CCC(=O)N(C)C2)CC1. The highest BCUT2D eigenvalue weighted by molar-refractivity contribution is 5.76. The number of amides is 1. The average Bonchev–Trinajstić information content (AvgIpc) is 2.34. The summed E-state index contributed by atoms with van der Waals surface area (Å²) in [5, 5.41) is 3.75. The van der Waals surface area contributed by atoms with Crippen LogP contribution in [-0.2, 0) is 4.79 Å². The number of likely N-dealkylation sites (tertiary alicyclic amines) is 2. The molecule has 0 radical (unpaired) electrons. The van der Waals surface area contributed by atoms with Crippen molar-refractivity contribution in [1.29, 1.82) is 0 Å². The molecule has 18 heavy (non-hydrogen) atoms. The Bertz CT molecular complexity index is 285. The summed E-state index contributed by atoms with van der Waals surface area (Å²) < 4.78 is 0. The summed E-state index contributed by atoms with van der Waals surface area (Å²) in [5.41, 5.74) is 0. The van der Waals surface area contributed by atoms with Crippen LogP contribution >= 0.6 is 0 Å². The Kier molecular flexibility index (Phi) is 4.62. The molecule has 2 heterocycles. The molecule has 1 amide bonds. The van der Waals surface area contributed by atoms with Gasteiger partial charge < -0.3 is 15.1 Å². The Balaban J connectivity index is 1.73. The summed E-state index contributed by atoms with van der Waals surface area (Å²) in [4.78, 5) is 15.9. The second kappa shape index (κ2) is 6.02. The van der Waals surface area contributed by atoms with Gasteiger partial charge >= 0.3 is 0 Å². The van der Waals surface area contributed by atoms with Crippen molar-refractivity contribution in [1.82, 2.24) is 15.1 Å². The first-order valence-electron chi connectivity index (χ1n) is 7.30. The van der Waals surface area contributed by atoms with Crippen molar-refractivity contribution in [2.75, 3.05) is 26.7 Å². The van der Waals surface area contributed by atoms with Gasteiger partial charge in [0.05, 0.1) is 0 Å². The number of likely N-dealkylation sites (N-methyl/N-ethyl adjacent to an activating group) is 1. The molecule has 4 heteroatoms. The van der Waals surface area contributed by atoms with Crippen molar-refractivity contribution in [2.45, 2.75) is 57.7 Å². The van der Waals surface area contributed by atoms with Crippen LogP contribution in [0.1, 0.15) is 39.5 Å². The Morgan fingerprint density at radius 1 is 1.17 bits per heavy atom. The topological polar surface area (TPSA) is 35.6 Å². The molecule has 2 saturated heterocycles. The standard InChI is InChI=1S/C14H27N3O/c1-11(2)17-8-6-12(7-9-17)15-13-4-5-14(18)16(3)10-13/h11-13,15H,4-10H2,1-3H3. The molecule has 1 atom stereocenters. The van der Waals surface area contributed by atoms with E-state index >= 15 is 0 Å². The van der Waals surface area contributed by atoms with Crippen LogP contribution in [0, 0.1) is 0 Å². The number of piperidine rings is 2. The van der Waals surface area contributed by atoms with Crippen molar-refractivity contribution >= 4 is 5.91 Å². The summed E-state index contributed by atoms with van der Waals surface area (Å²) in [5.74, 6) is 0.294. The van der Waals surface area contributed by atoms with E-state index in [1.165, 1.54) is 25.9 Å². The first-order chi connectivity index (χ1) is 8.56. The molecule has 0 spiro atoms. The van der Waals surface area contributed by atoms with Gasteiger partial charge in [-0.05, 0) is 46.2 Å². The molecule has 2 aliphatic rings. The van der Waals surface area contributed by atoms with E-state index in [1.54, 1.807) is 0 Å². The second-order valence-corrected chi connectivity index (χ2v) is 6.08. The van der Waals surface area contributed by atoms with E-state index in [0.29, 0.717) is 30.5 Å². The maximum atomic E-state index is 11.4. The minimum absolute atomic E-state index is 0.294. The lowest BCUT2D eigenvalue weighted by molar-refractivity contribution is -0.132. The smallest absolute Gasteiger partial charge is 0.222 e. The third-order valence-corrected chi connectivity index (χ3v) is 4.36. The minimum Gasteiger partial charge on any atom is -0.344 e. The zero-order chi connectivity index (χ0) is 13.1. The van der Waals surface area contributed by atoms with Crippen molar-refractivity contribution in [3.8, 4) is 0 Å². The van der Waals surface area contributed by atoms with Gasteiger partial charge in [-0.3, -0.25) is 4.79 Å².